The third-order valence-corrected chi connectivity index (χ3v) is 7.32. The monoisotopic (exact) mass is 591 g/mol. The fourth-order valence-electron chi connectivity index (χ4n) is 4.58. The van der Waals surface area contributed by atoms with Crippen molar-refractivity contribution in [2.75, 3.05) is 37.2 Å². The van der Waals surface area contributed by atoms with E-state index in [9.17, 15) is 0 Å². The van der Waals surface area contributed by atoms with Crippen LogP contribution in [-0.4, -0.2) is 51.7 Å². The van der Waals surface area contributed by atoms with Gasteiger partial charge in [-0.2, -0.15) is 0 Å². The molecule has 0 atom stereocenters. The minimum Gasteiger partial charge on any atom is -0.488 e. The molecular weight excluding hydrogens is 546 g/mol. The average molecular weight is 592 g/mol. The molecule has 0 unspecified atom stereocenters. The van der Waals surface area contributed by atoms with Crippen LogP contribution in [0.3, 0.4) is 0 Å². The molecule has 1 saturated heterocycles. The number of rotatable bonds is 11. The number of hydrogen-bond donors (Lipinski definition) is 3. The molecule has 2 aliphatic carbocycles. The van der Waals surface area contributed by atoms with E-state index in [2.05, 4.69) is 31.2 Å². The molecule has 3 aliphatic rings. The number of thiazole rings is 1. The zero-order valence-electron chi connectivity index (χ0n) is 25.4. The summed E-state index contributed by atoms with van der Waals surface area (Å²) in [6, 6.07) is 0. The fraction of sp³-hybridized carbons (Fsp3) is 0.438. The van der Waals surface area contributed by atoms with E-state index >= 15 is 0 Å². The summed E-state index contributed by atoms with van der Waals surface area (Å²) >= 11 is 1.58. The van der Waals surface area contributed by atoms with Crippen LogP contribution in [0.15, 0.2) is 77.3 Å². The van der Waals surface area contributed by atoms with Crippen LogP contribution >= 0.6 is 11.3 Å². The molecule has 4 N–H and O–H groups in total. The van der Waals surface area contributed by atoms with E-state index < -0.39 is 0 Å². The van der Waals surface area contributed by atoms with Crippen molar-refractivity contribution in [3.8, 4) is 0 Å². The molecule has 0 aromatic carbocycles. The van der Waals surface area contributed by atoms with Gasteiger partial charge in [0.25, 0.3) is 0 Å². The van der Waals surface area contributed by atoms with Crippen LogP contribution in [0.5, 0.6) is 0 Å². The Hall–Kier alpha value is -3.76. The highest BCUT2D eigenvalue weighted by atomic mass is 32.1. The van der Waals surface area contributed by atoms with Gasteiger partial charge in [0.2, 0.25) is 0 Å². The van der Waals surface area contributed by atoms with Gasteiger partial charge in [-0.25, -0.2) is 9.97 Å². The Labute approximate surface area is 254 Å². The molecule has 42 heavy (non-hydrogen) atoms. The Morgan fingerprint density at radius 3 is 2.69 bits per heavy atom. The standard InChI is InChI=1S/C28H33N7O2S.2C2H6/c29-26(25-27(30)33-18-34-28(25)32-11-14-35-12-1-2-13-35)20-5-3-6-21(10-9-20)37-23-8-4-7-22(15-23)36-17-24-16-31-19-38-24;2*1-2/h3,5,7,9-10,15-16,18-19,29H,1-2,4,6,8,11-14,17H2,(H3,30,32,33,34);2*1-2H3. The number of hydrogen-bond acceptors (Lipinski definition) is 10. The summed E-state index contributed by atoms with van der Waals surface area (Å²) < 4.78 is 12.1. The van der Waals surface area contributed by atoms with Crippen molar-refractivity contribution in [2.24, 2.45) is 0 Å². The van der Waals surface area contributed by atoms with Gasteiger partial charge in [-0.05, 0) is 50.6 Å². The first-order valence-electron chi connectivity index (χ1n) is 15.0. The molecule has 0 amide bonds. The quantitative estimate of drug-likeness (QED) is 0.239. The summed E-state index contributed by atoms with van der Waals surface area (Å²) in [6.45, 7) is 12.5. The van der Waals surface area contributed by atoms with Gasteiger partial charge >= 0.3 is 0 Å². The van der Waals surface area contributed by atoms with Crippen LogP contribution in [-0.2, 0) is 16.1 Å². The lowest BCUT2D eigenvalue weighted by atomic mass is 10.0. The highest BCUT2D eigenvalue weighted by molar-refractivity contribution is 7.09. The number of allylic oxidation sites excluding steroid dienone is 8. The van der Waals surface area contributed by atoms with Crippen LogP contribution in [0.4, 0.5) is 11.6 Å². The molecule has 9 nitrogen and oxygen atoms in total. The smallest absolute Gasteiger partial charge is 0.141 e. The normalized spacial score (nSPS) is 16.3. The van der Waals surface area contributed by atoms with Crippen LogP contribution in [0.2, 0.25) is 0 Å². The van der Waals surface area contributed by atoms with Gasteiger partial charge in [0.15, 0.2) is 0 Å². The van der Waals surface area contributed by atoms with Crippen molar-refractivity contribution in [2.45, 2.75) is 66.4 Å². The number of anilines is 2. The summed E-state index contributed by atoms with van der Waals surface area (Å²) in [4.78, 5) is 16.1. The molecule has 2 aromatic heterocycles. The zero-order chi connectivity index (χ0) is 30.2. The molecule has 1 aliphatic heterocycles. The number of likely N-dealkylation sites (tertiary alicyclic amines) is 1. The van der Waals surface area contributed by atoms with Gasteiger partial charge in [-0.3, -0.25) is 10.4 Å². The maximum atomic E-state index is 8.92. The van der Waals surface area contributed by atoms with Crippen molar-refractivity contribution >= 4 is 28.7 Å². The highest BCUT2D eigenvalue weighted by Crippen LogP contribution is 2.27. The van der Waals surface area contributed by atoms with E-state index in [4.69, 9.17) is 20.6 Å². The first kappa shape index (κ1) is 32.8. The predicted octanol–water partition coefficient (Wildman–Crippen LogP) is 7.01. The Bertz CT molecular complexity index is 1290. The first-order valence-corrected chi connectivity index (χ1v) is 15.9. The summed E-state index contributed by atoms with van der Waals surface area (Å²) in [5, 5.41) is 12.3. The van der Waals surface area contributed by atoms with Gasteiger partial charge in [-0.15, -0.1) is 11.3 Å². The van der Waals surface area contributed by atoms with Crippen molar-refractivity contribution in [1.29, 1.82) is 5.41 Å². The number of nitrogen functional groups attached to an aromatic ring is 1. The van der Waals surface area contributed by atoms with Crippen LogP contribution < -0.4 is 11.1 Å². The minimum absolute atomic E-state index is 0.277. The maximum absolute atomic E-state index is 8.92. The van der Waals surface area contributed by atoms with Gasteiger partial charge in [-0.1, -0.05) is 39.8 Å². The van der Waals surface area contributed by atoms with Gasteiger partial charge < -0.3 is 25.4 Å². The first-order chi connectivity index (χ1) is 20.7. The number of aromatic nitrogens is 3. The Morgan fingerprint density at radius 1 is 1.12 bits per heavy atom. The molecule has 1 fully saturated rings. The second kappa shape index (κ2) is 17.9. The highest BCUT2D eigenvalue weighted by Gasteiger charge is 2.19. The van der Waals surface area contributed by atoms with E-state index in [-0.39, 0.29) is 11.5 Å². The molecule has 3 heterocycles. The van der Waals surface area contributed by atoms with Crippen molar-refractivity contribution < 1.29 is 9.47 Å². The SMILES string of the molecule is CC.CC.N=C(C1=CC=C(OC2=CC(OCc3cncs3)=CCC2)CC=C1)c1c(N)ncnc1NCCN1CCCC1. The lowest BCUT2D eigenvalue weighted by Gasteiger charge is -2.17. The van der Waals surface area contributed by atoms with Crippen molar-refractivity contribution in [1.82, 2.24) is 19.9 Å². The Balaban J connectivity index is 0.00000116. The molecule has 226 valence electrons. The van der Waals surface area contributed by atoms with Crippen molar-refractivity contribution in [3.05, 3.63) is 87.8 Å². The fourth-order valence-corrected chi connectivity index (χ4v) is 5.08. The van der Waals surface area contributed by atoms with E-state index in [1.165, 1.54) is 19.2 Å². The Morgan fingerprint density at radius 2 is 1.93 bits per heavy atom. The average Bonchev–Trinajstić information content (AvgIpc) is 3.70. The van der Waals surface area contributed by atoms with Gasteiger partial charge in [0.1, 0.15) is 41.8 Å². The summed E-state index contributed by atoms with van der Waals surface area (Å²) in [7, 11) is 0. The van der Waals surface area contributed by atoms with E-state index in [1.807, 2.05) is 64.3 Å². The third kappa shape index (κ3) is 9.66. The molecule has 5 rings (SSSR count). The van der Waals surface area contributed by atoms with Crippen LogP contribution in [0, 0.1) is 5.41 Å². The summed E-state index contributed by atoms with van der Waals surface area (Å²) in [5.41, 5.74) is 9.54. The van der Waals surface area contributed by atoms with Crippen molar-refractivity contribution in [3.63, 3.8) is 0 Å². The van der Waals surface area contributed by atoms with Gasteiger partial charge in [0.05, 0.1) is 21.7 Å². The maximum Gasteiger partial charge on any atom is 0.141 e. The van der Waals surface area contributed by atoms with E-state index in [0.717, 1.165) is 66.7 Å². The van der Waals surface area contributed by atoms with E-state index in [0.29, 0.717) is 24.4 Å². The largest absolute Gasteiger partial charge is 0.488 e. The molecular formula is C32H45N7O2S. The predicted molar refractivity (Wildman–Crippen MR) is 173 cm³/mol. The molecule has 0 bridgehead atoms. The molecule has 0 radical (unpaired) electrons. The second-order valence-corrected chi connectivity index (χ2v) is 10.3. The minimum atomic E-state index is 0.277. The number of nitrogens with one attached hydrogen (secondary N) is 2. The number of ether oxygens (including phenoxy) is 2. The lowest BCUT2D eigenvalue weighted by molar-refractivity contribution is 0.203. The zero-order valence-corrected chi connectivity index (χ0v) is 26.2. The summed E-state index contributed by atoms with van der Waals surface area (Å²) in [5.74, 6) is 3.36. The second-order valence-electron chi connectivity index (χ2n) is 9.31. The van der Waals surface area contributed by atoms with Crippen LogP contribution in [0.1, 0.15) is 70.2 Å². The number of nitrogens with zero attached hydrogens (tertiary/aromatic N) is 4. The van der Waals surface area contributed by atoms with Crippen LogP contribution in [0.25, 0.3) is 0 Å². The molecule has 2 aromatic rings. The third-order valence-electron chi connectivity index (χ3n) is 6.57. The molecule has 0 saturated carbocycles. The topological polar surface area (TPSA) is 122 Å². The Kier molecular flexibility index (Phi) is 14.0. The summed E-state index contributed by atoms with van der Waals surface area (Å²) in [6.07, 6.45) is 19.8. The van der Waals surface area contributed by atoms with E-state index in [1.54, 1.807) is 16.8 Å². The van der Waals surface area contributed by atoms with Gasteiger partial charge in [0, 0.05) is 43.8 Å². The molecule has 0 spiro atoms. The number of nitrogens with two attached hydrogens (primary N) is 1. The lowest BCUT2D eigenvalue weighted by Crippen LogP contribution is -2.27. The molecule has 10 heteroatoms.